The van der Waals surface area contributed by atoms with Crippen LogP contribution in [0.4, 0.5) is 0 Å². The molecule has 3 aliphatic rings. The minimum atomic E-state index is 0.234. The first-order valence-electron chi connectivity index (χ1n) is 16.5. The van der Waals surface area contributed by atoms with Crippen molar-refractivity contribution in [3.63, 3.8) is 0 Å². The third-order valence-electron chi connectivity index (χ3n) is 9.73. The van der Waals surface area contributed by atoms with Crippen molar-refractivity contribution in [1.29, 1.82) is 0 Å². The van der Waals surface area contributed by atoms with Gasteiger partial charge in [-0.3, -0.25) is 0 Å². The molecule has 0 bridgehead atoms. The van der Waals surface area contributed by atoms with E-state index in [0.29, 0.717) is 17.5 Å². The van der Waals surface area contributed by atoms with E-state index in [-0.39, 0.29) is 5.92 Å². The Kier molecular flexibility index (Phi) is 6.06. The van der Waals surface area contributed by atoms with Crippen LogP contribution in [0, 0.1) is 0 Å². The van der Waals surface area contributed by atoms with E-state index in [1.807, 2.05) is 18.2 Å². The summed E-state index contributed by atoms with van der Waals surface area (Å²) < 4.78 is 12.9. The predicted molar refractivity (Wildman–Crippen MR) is 192 cm³/mol. The molecule has 228 valence electrons. The van der Waals surface area contributed by atoms with Crippen LogP contribution in [-0.4, -0.2) is 15.0 Å². The monoisotopic (exact) mass is 619 g/mol. The summed E-state index contributed by atoms with van der Waals surface area (Å²) >= 11 is 0. The van der Waals surface area contributed by atoms with Gasteiger partial charge in [-0.2, -0.15) is 0 Å². The molecule has 1 aliphatic heterocycles. The van der Waals surface area contributed by atoms with Crippen molar-refractivity contribution in [3.05, 3.63) is 156 Å². The van der Waals surface area contributed by atoms with Crippen LogP contribution in [0.5, 0.6) is 5.75 Å². The maximum atomic E-state index is 6.52. The van der Waals surface area contributed by atoms with Crippen molar-refractivity contribution >= 4 is 43.9 Å². The molecule has 2 aromatic heterocycles. The molecule has 5 aromatic carbocycles. The molecule has 0 radical (unpaired) electrons. The number of hydrogen-bond acceptors (Lipinski definition) is 5. The second-order valence-electron chi connectivity index (χ2n) is 12.7. The summed E-state index contributed by atoms with van der Waals surface area (Å²) in [4.78, 5) is 15.3. The zero-order chi connectivity index (χ0) is 31.6. The van der Waals surface area contributed by atoms with Crippen molar-refractivity contribution in [2.45, 2.75) is 25.2 Å². The number of hydrogen-bond donors (Lipinski definition) is 0. The minimum Gasteiger partial charge on any atom is -0.461 e. The average molecular weight is 620 g/mol. The molecule has 5 heteroatoms. The maximum Gasteiger partial charge on any atom is 0.164 e. The van der Waals surface area contributed by atoms with E-state index in [1.54, 1.807) is 0 Å². The molecule has 3 heterocycles. The number of allylic oxidation sites excluding steroid dienone is 8. The van der Waals surface area contributed by atoms with E-state index < -0.39 is 0 Å². The van der Waals surface area contributed by atoms with Gasteiger partial charge in [-0.15, -0.1) is 0 Å². The van der Waals surface area contributed by atoms with Gasteiger partial charge in [0.25, 0.3) is 0 Å². The number of para-hydroxylation sites is 2. The molecule has 5 nitrogen and oxygen atoms in total. The molecule has 10 rings (SSSR count). The van der Waals surface area contributed by atoms with Crippen molar-refractivity contribution < 1.29 is 9.15 Å². The number of fused-ring (bicyclic) bond motifs is 7. The zero-order valence-electron chi connectivity index (χ0n) is 26.1. The van der Waals surface area contributed by atoms with E-state index in [9.17, 15) is 0 Å². The lowest BCUT2D eigenvalue weighted by atomic mass is 9.86. The Hall–Kier alpha value is -6.07. The number of furan rings is 1. The number of rotatable bonds is 4. The first-order chi connectivity index (χ1) is 23.7. The van der Waals surface area contributed by atoms with Gasteiger partial charge in [-0.1, -0.05) is 97.1 Å². The Bertz CT molecular complexity index is 2590. The predicted octanol–water partition coefficient (Wildman–Crippen LogP) is 10.8. The quantitative estimate of drug-likeness (QED) is 0.196. The fraction of sp³-hybridized carbons (Fsp3) is 0.0930. The van der Waals surface area contributed by atoms with Crippen LogP contribution in [0.3, 0.4) is 0 Å². The Morgan fingerprint density at radius 2 is 1.50 bits per heavy atom. The molecule has 1 atom stereocenters. The molecule has 2 aliphatic carbocycles. The zero-order valence-corrected chi connectivity index (χ0v) is 26.1. The molecule has 0 spiro atoms. The highest BCUT2D eigenvalue weighted by atomic mass is 16.5. The molecule has 7 aromatic rings. The van der Waals surface area contributed by atoms with Crippen LogP contribution >= 0.6 is 0 Å². The molecule has 48 heavy (non-hydrogen) atoms. The van der Waals surface area contributed by atoms with Gasteiger partial charge in [0.2, 0.25) is 0 Å². The number of ether oxygens (including phenoxy) is 1. The van der Waals surface area contributed by atoms with Crippen LogP contribution in [-0.2, 0) is 0 Å². The van der Waals surface area contributed by atoms with Crippen molar-refractivity contribution in [1.82, 2.24) is 15.0 Å². The highest BCUT2D eigenvalue weighted by Crippen LogP contribution is 2.48. The summed E-state index contributed by atoms with van der Waals surface area (Å²) in [6.45, 7) is 0. The molecular formula is C43H29N3O2. The molecule has 0 saturated carbocycles. The first kappa shape index (κ1) is 27.1. The number of aromatic nitrogens is 3. The van der Waals surface area contributed by atoms with Crippen LogP contribution in [0.15, 0.2) is 144 Å². The van der Waals surface area contributed by atoms with Crippen molar-refractivity contribution in [3.8, 4) is 28.5 Å². The van der Waals surface area contributed by atoms with Gasteiger partial charge >= 0.3 is 0 Å². The summed E-state index contributed by atoms with van der Waals surface area (Å²) in [6, 6.07) is 35.7. The lowest BCUT2D eigenvalue weighted by molar-refractivity contribution is 0.426. The maximum absolute atomic E-state index is 6.52. The van der Waals surface area contributed by atoms with Gasteiger partial charge in [-0.05, 0) is 83.2 Å². The lowest BCUT2D eigenvalue weighted by Crippen LogP contribution is -2.05. The molecule has 0 saturated heterocycles. The van der Waals surface area contributed by atoms with Crippen LogP contribution in [0.2, 0.25) is 0 Å². The van der Waals surface area contributed by atoms with E-state index in [4.69, 9.17) is 24.1 Å². The largest absolute Gasteiger partial charge is 0.461 e. The molecular weight excluding hydrogens is 590 g/mol. The van der Waals surface area contributed by atoms with Gasteiger partial charge in [0.15, 0.2) is 17.5 Å². The van der Waals surface area contributed by atoms with Crippen LogP contribution < -0.4 is 4.74 Å². The lowest BCUT2D eigenvalue weighted by Gasteiger charge is -2.18. The second-order valence-corrected chi connectivity index (χ2v) is 12.7. The van der Waals surface area contributed by atoms with Crippen molar-refractivity contribution in [2.75, 3.05) is 0 Å². The van der Waals surface area contributed by atoms with Gasteiger partial charge in [0.1, 0.15) is 22.7 Å². The SMILES string of the molecule is C1=CCCC(c2nc(-c3ccc4ccccc4c3)nc(-c3cc(C4=CCC5C(=C4)Oc4ccccc45)c4c(c3)oc3ccccc34)n2)=C1. The summed E-state index contributed by atoms with van der Waals surface area (Å²) in [5.74, 6) is 4.14. The van der Waals surface area contributed by atoms with Crippen LogP contribution in [0.25, 0.3) is 66.6 Å². The topological polar surface area (TPSA) is 61.0 Å². The van der Waals surface area contributed by atoms with E-state index in [1.165, 1.54) is 10.9 Å². The fourth-order valence-corrected chi connectivity index (χ4v) is 7.34. The van der Waals surface area contributed by atoms with E-state index in [0.717, 1.165) is 85.9 Å². The van der Waals surface area contributed by atoms with Gasteiger partial charge in [0.05, 0.1) is 0 Å². The minimum absolute atomic E-state index is 0.234. The Labute approximate surface area is 277 Å². The summed E-state index contributed by atoms with van der Waals surface area (Å²) in [5, 5.41) is 4.49. The number of nitrogens with zero attached hydrogens (tertiary/aromatic N) is 3. The van der Waals surface area contributed by atoms with E-state index >= 15 is 0 Å². The van der Waals surface area contributed by atoms with E-state index in [2.05, 4.69) is 115 Å². The highest BCUT2D eigenvalue weighted by Gasteiger charge is 2.32. The summed E-state index contributed by atoms with van der Waals surface area (Å²) in [7, 11) is 0. The molecule has 1 unspecified atom stereocenters. The smallest absolute Gasteiger partial charge is 0.164 e. The highest BCUT2D eigenvalue weighted by molar-refractivity contribution is 6.12. The van der Waals surface area contributed by atoms with Crippen molar-refractivity contribution in [2.24, 2.45) is 0 Å². The molecule has 0 N–H and O–H groups in total. The fourth-order valence-electron chi connectivity index (χ4n) is 7.34. The average Bonchev–Trinajstić information content (AvgIpc) is 3.72. The first-order valence-corrected chi connectivity index (χ1v) is 16.5. The Balaban J connectivity index is 1.17. The van der Waals surface area contributed by atoms with Crippen LogP contribution in [0.1, 0.15) is 42.1 Å². The third kappa shape index (κ3) is 4.43. The summed E-state index contributed by atoms with van der Waals surface area (Å²) in [5.41, 5.74) is 8.03. The second kappa shape index (κ2) is 10.7. The Morgan fingerprint density at radius 1 is 0.688 bits per heavy atom. The molecule has 0 fully saturated rings. The Morgan fingerprint density at radius 3 is 2.42 bits per heavy atom. The van der Waals surface area contributed by atoms with Gasteiger partial charge < -0.3 is 9.15 Å². The molecule has 0 amide bonds. The third-order valence-corrected chi connectivity index (χ3v) is 9.73. The standard InChI is InChI=1S/C43H29N3O2/c1-2-11-27(12-3-1)41-44-42(30-19-18-26-10-4-5-13-28(26)22-30)46-43(45-41)31-23-35(40-34-15-7-9-17-37(34)48-39(40)25-31)29-20-21-33-32-14-6-8-16-36(32)47-38(33)24-29/h1-2,4-11,13-20,22-25,33H,3,12,21H2. The number of benzene rings is 5. The summed E-state index contributed by atoms with van der Waals surface area (Å²) in [6.07, 6.45) is 13.6. The normalized spacial score (nSPS) is 16.8. The van der Waals surface area contributed by atoms with Gasteiger partial charge in [0, 0.05) is 33.4 Å². The van der Waals surface area contributed by atoms with Gasteiger partial charge in [-0.25, -0.2) is 15.0 Å².